The predicted octanol–water partition coefficient (Wildman–Crippen LogP) is 3.38. The summed E-state index contributed by atoms with van der Waals surface area (Å²) in [4.78, 5) is 33.3. The molecule has 0 atom stereocenters. The summed E-state index contributed by atoms with van der Waals surface area (Å²) in [5.74, 6) is -2.24. The molecule has 0 aliphatic carbocycles. The monoisotopic (exact) mass is 322 g/mol. The van der Waals surface area contributed by atoms with Gasteiger partial charge in [0.15, 0.2) is 5.78 Å². The first-order chi connectivity index (χ1) is 11.5. The van der Waals surface area contributed by atoms with Gasteiger partial charge in [-0.3, -0.25) is 4.79 Å². The summed E-state index contributed by atoms with van der Waals surface area (Å²) in [5, 5.41) is 17.6. The number of carbonyl (C=O) groups is 3. The van der Waals surface area contributed by atoms with Gasteiger partial charge >= 0.3 is 11.9 Å². The maximum absolute atomic E-state index is 11.8. The van der Waals surface area contributed by atoms with Crippen LogP contribution in [0.3, 0.4) is 0 Å². The minimum atomic E-state index is -1.00. The summed E-state index contributed by atoms with van der Waals surface area (Å²) in [5.41, 5.74) is 1.80. The van der Waals surface area contributed by atoms with Gasteiger partial charge in [-0.25, -0.2) is 9.59 Å². The SMILES string of the molecule is O=C(C=Cc1ccc(C(=O)O)cc1)C=Cc1ccc(C(=O)O)cc1. The van der Waals surface area contributed by atoms with E-state index in [0.717, 1.165) is 0 Å². The van der Waals surface area contributed by atoms with Crippen LogP contribution in [-0.4, -0.2) is 27.9 Å². The van der Waals surface area contributed by atoms with Crippen molar-refractivity contribution in [1.82, 2.24) is 0 Å². The molecule has 5 nitrogen and oxygen atoms in total. The van der Waals surface area contributed by atoms with Gasteiger partial charge in [-0.2, -0.15) is 0 Å². The smallest absolute Gasteiger partial charge is 0.335 e. The topological polar surface area (TPSA) is 91.7 Å². The van der Waals surface area contributed by atoms with E-state index in [1.165, 1.54) is 36.4 Å². The molecule has 0 unspecified atom stereocenters. The van der Waals surface area contributed by atoms with Gasteiger partial charge in [0.05, 0.1) is 11.1 Å². The molecule has 0 saturated heterocycles. The number of carboxylic acid groups (broad SMARTS) is 2. The molecule has 24 heavy (non-hydrogen) atoms. The molecule has 2 N–H and O–H groups in total. The minimum absolute atomic E-state index is 0.184. The number of carbonyl (C=O) groups excluding carboxylic acids is 1. The zero-order valence-electron chi connectivity index (χ0n) is 12.5. The Morgan fingerprint density at radius 1 is 0.625 bits per heavy atom. The Morgan fingerprint density at radius 3 is 1.25 bits per heavy atom. The summed E-state index contributed by atoms with van der Waals surface area (Å²) < 4.78 is 0. The first-order valence-electron chi connectivity index (χ1n) is 7.02. The molecule has 120 valence electrons. The first kappa shape index (κ1) is 16.9. The van der Waals surface area contributed by atoms with Gasteiger partial charge in [0, 0.05) is 0 Å². The summed E-state index contributed by atoms with van der Waals surface area (Å²) in [7, 11) is 0. The Labute approximate surface area is 138 Å². The molecule has 0 spiro atoms. The van der Waals surface area contributed by atoms with Crippen molar-refractivity contribution >= 4 is 29.9 Å². The molecule has 0 aliphatic heterocycles. The number of rotatable bonds is 6. The van der Waals surface area contributed by atoms with Gasteiger partial charge in [-0.05, 0) is 47.5 Å². The van der Waals surface area contributed by atoms with E-state index in [2.05, 4.69) is 0 Å². The third kappa shape index (κ3) is 4.78. The Morgan fingerprint density at radius 2 is 0.958 bits per heavy atom. The van der Waals surface area contributed by atoms with E-state index in [-0.39, 0.29) is 16.9 Å². The van der Waals surface area contributed by atoms with Crippen LogP contribution in [0.1, 0.15) is 31.8 Å². The molecule has 0 radical (unpaired) electrons. The van der Waals surface area contributed by atoms with Gasteiger partial charge in [-0.1, -0.05) is 36.4 Å². The molecule has 0 amide bonds. The van der Waals surface area contributed by atoms with Gasteiger partial charge in [-0.15, -0.1) is 0 Å². The highest BCUT2D eigenvalue weighted by atomic mass is 16.4. The highest BCUT2D eigenvalue weighted by Crippen LogP contribution is 2.08. The maximum Gasteiger partial charge on any atom is 0.335 e. The number of carboxylic acids is 2. The molecule has 5 heteroatoms. The Hall–Kier alpha value is -3.47. The van der Waals surface area contributed by atoms with Crippen LogP contribution in [0, 0.1) is 0 Å². The van der Waals surface area contributed by atoms with Crippen LogP contribution < -0.4 is 0 Å². The molecule has 2 rings (SSSR count). The van der Waals surface area contributed by atoms with E-state index in [9.17, 15) is 14.4 Å². The zero-order valence-corrected chi connectivity index (χ0v) is 12.5. The molecule has 0 saturated carbocycles. The number of ketones is 1. The molecular formula is C19H14O5. The van der Waals surface area contributed by atoms with Crippen molar-refractivity contribution in [3.8, 4) is 0 Å². The van der Waals surface area contributed by atoms with Crippen molar-refractivity contribution in [3.05, 3.63) is 82.9 Å². The second kappa shape index (κ2) is 7.69. The van der Waals surface area contributed by atoms with Crippen molar-refractivity contribution in [2.24, 2.45) is 0 Å². The zero-order chi connectivity index (χ0) is 17.5. The lowest BCUT2D eigenvalue weighted by Crippen LogP contribution is -1.95. The van der Waals surface area contributed by atoms with Crippen molar-refractivity contribution in [2.75, 3.05) is 0 Å². The molecule has 0 fully saturated rings. The number of allylic oxidation sites excluding steroid dienone is 2. The summed E-state index contributed by atoms with van der Waals surface area (Å²) in [6.07, 6.45) is 5.92. The van der Waals surface area contributed by atoms with Crippen LogP contribution in [0.25, 0.3) is 12.2 Å². The van der Waals surface area contributed by atoms with Crippen LogP contribution in [0.15, 0.2) is 60.7 Å². The van der Waals surface area contributed by atoms with Gasteiger partial charge in [0.2, 0.25) is 0 Å². The second-order valence-electron chi connectivity index (χ2n) is 4.92. The van der Waals surface area contributed by atoms with Crippen LogP contribution in [0.5, 0.6) is 0 Å². The lowest BCUT2D eigenvalue weighted by atomic mass is 10.1. The lowest BCUT2D eigenvalue weighted by molar-refractivity contribution is -0.110. The number of hydrogen-bond acceptors (Lipinski definition) is 3. The summed E-state index contributed by atoms with van der Waals surface area (Å²) >= 11 is 0. The third-order valence-electron chi connectivity index (χ3n) is 3.20. The van der Waals surface area contributed by atoms with E-state index < -0.39 is 11.9 Å². The minimum Gasteiger partial charge on any atom is -0.478 e. The number of hydrogen-bond donors (Lipinski definition) is 2. The van der Waals surface area contributed by atoms with E-state index in [4.69, 9.17) is 10.2 Å². The third-order valence-corrected chi connectivity index (χ3v) is 3.20. The molecule has 0 aromatic heterocycles. The average Bonchev–Trinajstić information content (AvgIpc) is 2.58. The van der Waals surface area contributed by atoms with E-state index in [1.54, 1.807) is 36.4 Å². The maximum atomic E-state index is 11.8. The molecular weight excluding hydrogens is 308 g/mol. The highest BCUT2D eigenvalue weighted by Gasteiger charge is 2.01. The fraction of sp³-hybridized carbons (Fsp3) is 0. The van der Waals surface area contributed by atoms with Gasteiger partial charge in [0.1, 0.15) is 0 Å². The standard InChI is InChI=1S/C19H14O5/c20-17(11-5-13-1-7-15(8-2-13)18(21)22)12-6-14-3-9-16(10-4-14)19(23)24/h1-12H,(H,21,22)(H,23,24). The summed E-state index contributed by atoms with van der Waals surface area (Å²) in [6, 6.07) is 12.3. The quantitative estimate of drug-likeness (QED) is 0.796. The molecule has 2 aromatic rings. The van der Waals surface area contributed by atoms with Crippen LogP contribution in [-0.2, 0) is 4.79 Å². The van der Waals surface area contributed by atoms with Crippen LogP contribution in [0.4, 0.5) is 0 Å². The molecule has 0 bridgehead atoms. The normalized spacial score (nSPS) is 11.0. The largest absolute Gasteiger partial charge is 0.478 e. The van der Waals surface area contributed by atoms with Crippen LogP contribution in [0.2, 0.25) is 0 Å². The van der Waals surface area contributed by atoms with Crippen molar-refractivity contribution in [1.29, 1.82) is 0 Å². The Bertz CT molecular complexity index is 742. The van der Waals surface area contributed by atoms with E-state index in [0.29, 0.717) is 11.1 Å². The van der Waals surface area contributed by atoms with Crippen LogP contribution >= 0.6 is 0 Å². The van der Waals surface area contributed by atoms with E-state index in [1.807, 2.05) is 0 Å². The molecule has 0 aliphatic rings. The Kier molecular flexibility index (Phi) is 5.41. The predicted molar refractivity (Wildman–Crippen MR) is 89.9 cm³/mol. The van der Waals surface area contributed by atoms with Crippen molar-refractivity contribution in [3.63, 3.8) is 0 Å². The highest BCUT2D eigenvalue weighted by molar-refractivity contribution is 6.04. The first-order valence-corrected chi connectivity index (χ1v) is 7.02. The fourth-order valence-electron chi connectivity index (χ4n) is 1.89. The van der Waals surface area contributed by atoms with Crippen molar-refractivity contribution in [2.45, 2.75) is 0 Å². The van der Waals surface area contributed by atoms with Gasteiger partial charge < -0.3 is 10.2 Å². The average molecular weight is 322 g/mol. The molecule has 0 heterocycles. The summed E-state index contributed by atoms with van der Waals surface area (Å²) in [6.45, 7) is 0. The second-order valence-corrected chi connectivity index (χ2v) is 4.92. The van der Waals surface area contributed by atoms with Gasteiger partial charge in [0.25, 0.3) is 0 Å². The number of aromatic carboxylic acids is 2. The Balaban J connectivity index is 1.98. The molecule has 2 aromatic carbocycles. The van der Waals surface area contributed by atoms with Crippen molar-refractivity contribution < 1.29 is 24.6 Å². The lowest BCUT2D eigenvalue weighted by Gasteiger charge is -1.96. The van der Waals surface area contributed by atoms with E-state index >= 15 is 0 Å². The number of benzene rings is 2. The fourth-order valence-corrected chi connectivity index (χ4v) is 1.89.